The first-order chi connectivity index (χ1) is 11.6. The first-order valence-corrected chi connectivity index (χ1v) is 7.69. The lowest BCUT2D eigenvalue weighted by Gasteiger charge is -2.13. The van der Waals surface area contributed by atoms with Crippen molar-refractivity contribution in [1.29, 1.82) is 0 Å². The van der Waals surface area contributed by atoms with Gasteiger partial charge in [0.2, 0.25) is 0 Å². The van der Waals surface area contributed by atoms with Crippen LogP contribution in [0.2, 0.25) is 5.02 Å². The molecule has 0 aliphatic rings. The van der Waals surface area contributed by atoms with Crippen LogP contribution >= 0.6 is 11.6 Å². The van der Waals surface area contributed by atoms with Crippen LogP contribution in [0.3, 0.4) is 0 Å². The molecule has 3 aromatic rings. The number of pyridine rings is 1. The van der Waals surface area contributed by atoms with Gasteiger partial charge in [-0.15, -0.1) is 0 Å². The van der Waals surface area contributed by atoms with Crippen LogP contribution in [0.5, 0.6) is 0 Å². The maximum Gasteiger partial charge on any atom is 0.255 e. The Hall–Kier alpha value is -2.70. The Kier molecular flexibility index (Phi) is 4.88. The number of aromatic nitrogens is 3. The van der Waals surface area contributed by atoms with E-state index in [1.807, 2.05) is 0 Å². The molecule has 0 spiro atoms. The van der Waals surface area contributed by atoms with Crippen molar-refractivity contribution >= 4 is 17.5 Å². The van der Waals surface area contributed by atoms with E-state index in [0.29, 0.717) is 22.0 Å². The van der Waals surface area contributed by atoms with Gasteiger partial charge in [0.15, 0.2) is 5.82 Å². The zero-order valence-electron chi connectivity index (χ0n) is 12.6. The molecular formula is C17H15ClN4O2. The van der Waals surface area contributed by atoms with Gasteiger partial charge >= 0.3 is 0 Å². The maximum absolute atomic E-state index is 12.4. The molecule has 3 rings (SSSR count). The molecule has 2 N–H and O–H groups in total. The molecule has 0 bridgehead atoms. The average Bonchev–Trinajstić information content (AvgIpc) is 3.14. The topological polar surface area (TPSA) is 80.0 Å². The van der Waals surface area contributed by atoms with E-state index in [4.69, 9.17) is 11.6 Å². The van der Waals surface area contributed by atoms with Crippen molar-refractivity contribution in [3.05, 3.63) is 77.2 Å². The van der Waals surface area contributed by atoms with Crippen LogP contribution in [0, 0.1) is 0 Å². The lowest BCUT2D eigenvalue weighted by atomic mass is 10.1. The normalized spacial score (nSPS) is 11.9. The summed E-state index contributed by atoms with van der Waals surface area (Å²) in [6.07, 6.45) is 4.09. The number of benzene rings is 1. The van der Waals surface area contributed by atoms with E-state index in [9.17, 15) is 9.90 Å². The van der Waals surface area contributed by atoms with Crippen LogP contribution in [0.15, 0.2) is 61.1 Å². The molecule has 0 fully saturated rings. The van der Waals surface area contributed by atoms with E-state index in [-0.39, 0.29) is 12.5 Å². The van der Waals surface area contributed by atoms with Crippen molar-refractivity contribution in [3.8, 4) is 5.82 Å². The third kappa shape index (κ3) is 3.61. The first-order valence-electron chi connectivity index (χ1n) is 7.32. The largest absolute Gasteiger partial charge is 0.387 e. The van der Waals surface area contributed by atoms with Crippen molar-refractivity contribution in [2.75, 3.05) is 6.54 Å². The first kappa shape index (κ1) is 16.2. The highest BCUT2D eigenvalue weighted by atomic mass is 35.5. The number of hydrogen-bond acceptors (Lipinski definition) is 4. The quantitative estimate of drug-likeness (QED) is 0.746. The number of nitrogens with one attached hydrogen (secondary N) is 1. The Morgan fingerprint density at radius 1 is 1.21 bits per heavy atom. The van der Waals surface area contributed by atoms with E-state index in [1.54, 1.807) is 61.1 Å². The minimum absolute atomic E-state index is 0.0773. The average molecular weight is 343 g/mol. The number of hydrogen-bond donors (Lipinski definition) is 2. The van der Waals surface area contributed by atoms with E-state index >= 15 is 0 Å². The molecule has 0 saturated heterocycles. The van der Waals surface area contributed by atoms with Gasteiger partial charge in [-0.1, -0.05) is 23.7 Å². The molecule has 24 heavy (non-hydrogen) atoms. The van der Waals surface area contributed by atoms with E-state index in [0.717, 1.165) is 0 Å². The Morgan fingerprint density at radius 3 is 2.71 bits per heavy atom. The van der Waals surface area contributed by atoms with Crippen LogP contribution in [0.1, 0.15) is 22.0 Å². The monoisotopic (exact) mass is 342 g/mol. The number of aliphatic hydroxyl groups excluding tert-OH is 1. The highest BCUT2D eigenvalue weighted by molar-refractivity contribution is 6.30. The van der Waals surface area contributed by atoms with E-state index < -0.39 is 6.10 Å². The fourth-order valence-corrected chi connectivity index (χ4v) is 2.36. The van der Waals surface area contributed by atoms with Crippen LogP contribution in [0.25, 0.3) is 5.82 Å². The van der Waals surface area contributed by atoms with Crippen LogP contribution in [-0.4, -0.2) is 32.3 Å². The Labute approximate surface area is 143 Å². The van der Waals surface area contributed by atoms with E-state index in [1.165, 1.54) is 4.68 Å². The van der Waals surface area contributed by atoms with Gasteiger partial charge in [0.1, 0.15) is 0 Å². The third-order valence-electron chi connectivity index (χ3n) is 3.46. The summed E-state index contributed by atoms with van der Waals surface area (Å²) in [5.74, 6) is 0.0996. The molecule has 1 amide bonds. The van der Waals surface area contributed by atoms with E-state index in [2.05, 4.69) is 15.4 Å². The molecule has 7 heteroatoms. The number of nitrogens with zero attached hydrogens (tertiary/aromatic N) is 3. The molecule has 0 radical (unpaired) electrons. The van der Waals surface area contributed by atoms with Crippen LogP contribution < -0.4 is 5.32 Å². The second kappa shape index (κ2) is 7.25. The zero-order valence-corrected chi connectivity index (χ0v) is 13.4. The number of rotatable bonds is 5. The molecule has 0 aliphatic heterocycles. The predicted molar refractivity (Wildman–Crippen MR) is 90.1 cm³/mol. The predicted octanol–water partition coefficient (Wildman–Crippen LogP) is 2.38. The van der Waals surface area contributed by atoms with Gasteiger partial charge in [-0.2, -0.15) is 5.10 Å². The third-order valence-corrected chi connectivity index (χ3v) is 3.72. The lowest BCUT2D eigenvalue weighted by Crippen LogP contribution is -2.29. The minimum atomic E-state index is -0.823. The molecule has 1 aromatic carbocycles. The van der Waals surface area contributed by atoms with Gasteiger partial charge in [-0.25, -0.2) is 9.67 Å². The number of halogens is 1. The van der Waals surface area contributed by atoms with Crippen molar-refractivity contribution in [2.45, 2.75) is 6.10 Å². The summed E-state index contributed by atoms with van der Waals surface area (Å²) in [6.45, 7) is 0.0773. The lowest BCUT2D eigenvalue weighted by molar-refractivity contribution is 0.0916. The number of carbonyl (C=O) groups excluding carboxylic acids is 1. The highest BCUT2D eigenvalue weighted by Crippen LogP contribution is 2.16. The van der Waals surface area contributed by atoms with Gasteiger partial charge < -0.3 is 10.4 Å². The van der Waals surface area contributed by atoms with Gasteiger partial charge in [0.25, 0.3) is 5.91 Å². The Balaban J connectivity index is 1.71. The highest BCUT2D eigenvalue weighted by Gasteiger charge is 2.15. The second-order valence-corrected chi connectivity index (χ2v) is 5.54. The Morgan fingerprint density at radius 2 is 2.00 bits per heavy atom. The molecule has 0 saturated carbocycles. The zero-order chi connectivity index (χ0) is 16.9. The van der Waals surface area contributed by atoms with Crippen molar-refractivity contribution in [3.63, 3.8) is 0 Å². The number of aliphatic hydroxyl groups is 1. The molecule has 0 aliphatic carbocycles. The number of carbonyl (C=O) groups is 1. The summed E-state index contributed by atoms with van der Waals surface area (Å²) in [5.41, 5.74) is 1.06. The molecule has 1 atom stereocenters. The minimum Gasteiger partial charge on any atom is -0.387 e. The molecule has 6 nitrogen and oxygen atoms in total. The summed E-state index contributed by atoms with van der Waals surface area (Å²) in [4.78, 5) is 16.6. The van der Waals surface area contributed by atoms with Crippen LogP contribution in [0.4, 0.5) is 0 Å². The fraction of sp³-hybridized carbons (Fsp3) is 0.118. The van der Waals surface area contributed by atoms with Gasteiger partial charge in [0.05, 0.1) is 11.7 Å². The summed E-state index contributed by atoms with van der Waals surface area (Å²) in [5, 5.41) is 17.6. The summed E-state index contributed by atoms with van der Waals surface area (Å²) in [6, 6.07) is 11.9. The van der Waals surface area contributed by atoms with Gasteiger partial charge in [0, 0.05) is 30.2 Å². The fourth-order valence-electron chi connectivity index (χ4n) is 2.24. The van der Waals surface area contributed by atoms with Crippen molar-refractivity contribution in [1.82, 2.24) is 20.1 Å². The maximum atomic E-state index is 12.4. The summed E-state index contributed by atoms with van der Waals surface area (Å²) in [7, 11) is 0. The SMILES string of the molecule is O=C(NCC(O)c1ccc(Cl)cc1)c1cccnc1-n1cccn1. The van der Waals surface area contributed by atoms with Gasteiger partial charge in [-0.05, 0) is 35.9 Å². The molecule has 1 unspecified atom stereocenters. The number of amides is 1. The summed E-state index contributed by atoms with van der Waals surface area (Å²) >= 11 is 5.82. The molecule has 2 heterocycles. The Bertz CT molecular complexity index is 819. The van der Waals surface area contributed by atoms with Crippen molar-refractivity contribution < 1.29 is 9.90 Å². The summed E-state index contributed by atoms with van der Waals surface area (Å²) < 4.78 is 1.52. The molecule has 122 valence electrons. The van der Waals surface area contributed by atoms with Gasteiger partial charge in [-0.3, -0.25) is 4.79 Å². The standard InChI is InChI=1S/C17H15ClN4O2/c18-13-6-4-12(5-7-13)15(23)11-20-17(24)14-3-1-8-19-16(14)22-10-2-9-21-22/h1-10,15,23H,11H2,(H,20,24). The van der Waals surface area contributed by atoms with Crippen molar-refractivity contribution in [2.24, 2.45) is 0 Å². The molecular weight excluding hydrogens is 328 g/mol. The molecule has 2 aromatic heterocycles. The van der Waals surface area contributed by atoms with Crippen LogP contribution in [-0.2, 0) is 0 Å². The second-order valence-electron chi connectivity index (χ2n) is 5.10. The smallest absolute Gasteiger partial charge is 0.255 e.